The second kappa shape index (κ2) is 21.1. The van der Waals surface area contributed by atoms with Crippen LogP contribution in [0.5, 0.6) is 0 Å². The fourth-order valence-corrected chi connectivity index (χ4v) is 9.13. The monoisotopic (exact) mass is 867 g/mol. The van der Waals surface area contributed by atoms with Crippen LogP contribution in [0.4, 0.5) is 5.69 Å². The molecule has 0 spiro atoms. The lowest BCUT2D eigenvalue weighted by Gasteiger charge is -2.32. The predicted molar refractivity (Wildman–Crippen MR) is 260 cm³/mol. The highest BCUT2D eigenvalue weighted by atomic mass is 16.5. The zero-order valence-corrected chi connectivity index (χ0v) is 39.6. The van der Waals surface area contributed by atoms with Crippen molar-refractivity contribution in [3.63, 3.8) is 0 Å². The van der Waals surface area contributed by atoms with Crippen molar-refractivity contribution in [3.05, 3.63) is 136 Å². The second-order valence-corrected chi connectivity index (χ2v) is 19.2. The van der Waals surface area contributed by atoms with E-state index in [9.17, 15) is 9.59 Å². The van der Waals surface area contributed by atoms with E-state index in [-0.39, 0.29) is 29.1 Å². The van der Waals surface area contributed by atoms with Crippen molar-refractivity contribution in [3.8, 4) is 11.1 Å². The van der Waals surface area contributed by atoms with Gasteiger partial charge in [0.15, 0.2) is 0 Å². The molecule has 2 aromatic heterocycles. The molecule has 1 saturated heterocycles. The molecule has 11 heteroatoms. The molecule has 2 amide bonds. The molecule has 2 fully saturated rings. The number of carbonyl (C=O) groups is 2. The molecular weight excluding hydrogens is 797 g/mol. The van der Waals surface area contributed by atoms with E-state index in [1.807, 2.05) is 46.0 Å². The Kier molecular flexibility index (Phi) is 15.7. The highest BCUT2D eigenvalue weighted by Crippen LogP contribution is 2.39. The molecule has 1 saturated carbocycles. The minimum absolute atomic E-state index is 0.0310. The van der Waals surface area contributed by atoms with Gasteiger partial charge in [-0.2, -0.15) is 4.98 Å². The van der Waals surface area contributed by atoms with E-state index < -0.39 is 0 Å². The van der Waals surface area contributed by atoms with Crippen LogP contribution in [0.15, 0.2) is 101 Å². The lowest BCUT2D eigenvalue weighted by atomic mass is 9.74. The molecule has 3 atom stereocenters. The third kappa shape index (κ3) is 12.2. The molecule has 3 unspecified atom stereocenters. The van der Waals surface area contributed by atoms with Gasteiger partial charge in [-0.3, -0.25) is 19.3 Å². The first-order valence-electron chi connectivity index (χ1n) is 23.2. The van der Waals surface area contributed by atoms with E-state index in [4.69, 9.17) is 10.4 Å². The van der Waals surface area contributed by atoms with Gasteiger partial charge < -0.3 is 26.3 Å². The van der Waals surface area contributed by atoms with Gasteiger partial charge in [0, 0.05) is 47.7 Å². The van der Waals surface area contributed by atoms with Crippen molar-refractivity contribution in [1.82, 2.24) is 25.5 Å². The number of allylic oxidation sites excluding steroid dienone is 1. The van der Waals surface area contributed by atoms with E-state index in [2.05, 4.69) is 126 Å². The third-order valence-corrected chi connectivity index (χ3v) is 12.8. The van der Waals surface area contributed by atoms with Gasteiger partial charge in [-0.1, -0.05) is 115 Å². The summed E-state index contributed by atoms with van der Waals surface area (Å²) in [6.07, 6.45) is 11.2. The minimum atomic E-state index is -0.376. The number of rotatable bonds is 11. The van der Waals surface area contributed by atoms with Crippen LogP contribution in [-0.4, -0.2) is 45.4 Å². The Morgan fingerprint density at radius 3 is 2.23 bits per heavy atom. The van der Waals surface area contributed by atoms with Crippen molar-refractivity contribution in [2.24, 2.45) is 22.7 Å². The summed E-state index contributed by atoms with van der Waals surface area (Å²) in [5, 5.41) is 12.9. The molecule has 1 aliphatic carbocycles. The number of carbonyl (C=O) groups excluding carboxylic acids is 2. The Morgan fingerprint density at radius 2 is 1.66 bits per heavy atom. The Hall–Kier alpha value is -5.97. The largest absolute Gasteiger partial charge is 0.374 e. The number of nitrogens with zero attached hydrogens (tertiary/aromatic N) is 4. The fraction of sp³-hybridized carbons (Fsp3) is 0.453. The van der Waals surface area contributed by atoms with Gasteiger partial charge in [-0.25, -0.2) is 0 Å². The summed E-state index contributed by atoms with van der Waals surface area (Å²) in [6, 6.07) is 25.3. The molecule has 7 rings (SSSR count). The van der Waals surface area contributed by atoms with Crippen LogP contribution < -0.4 is 21.8 Å². The molecule has 3 aromatic carbocycles. The Bertz CT molecular complexity index is 2390. The molecule has 2 aliphatic rings. The summed E-state index contributed by atoms with van der Waals surface area (Å²) in [5.41, 5.74) is 11.0. The number of hydrogen-bond donors (Lipinski definition) is 4. The van der Waals surface area contributed by atoms with Crippen molar-refractivity contribution in [1.29, 1.82) is 0 Å². The van der Waals surface area contributed by atoms with Crippen LogP contribution in [0, 0.1) is 24.7 Å². The SMILES string of the molecule is C=C1CCC(Nc2ccc(C3CC(C)CC(CC)CC(C)C3)cc2)C(=O)N1.CCc1ccc(-c2cc(C(=NC)c3ccc(CNC(=O)c4noc(C(C)(C)C)n4)c(C)c3)n(N)c2)cc1. The van der Waals surface area contributed by atoms with E-state index >= 15 is 0 Å². The number of nitrogens with two attached hydrogens (primary N) is 1. The number of amides is 2. The van der Waals surface area contributed by atoms with Crippen LogP contribution in [0.1, 0.15) is 149 Å². The van der Waals surface area contributed by atoms with Gasteiger partial charge >= 0.3 is 0 Å². The first-order chi connectivity index (χ1) is 30.5. The Morgan fingerprint density at radius 1 is 0.969 bits per heavy atom. The van der Waals surface area contributed by atoms with Gasteiger partial charge in [0.1, 0.15) is 6.04 Å². The summed E-state index contributed by atoms with van der Waals surface area (Å²) in [5.74, 6) is 9.61. The number of aryl methyl sites for hydroxylation is 2. The highest BCUT2D eigenvalue weighted by molar-refractivity contribution is 6.12. The van der Waals surface area contributed by atoms with Crippen molar-refractivity contribution >= 4 is 23.2 Å². The summed E-state index contributed by atoms with van der Waals surface area (Å²) >= 11 is 0. The van der Waals surface area contributed by atoms with Crippen LogP contribution in [0.25, 0.3) is 11.1 Å². The smallest absolute Gasteiger partial charge is 0.292 e. The van der Waals surface area contributed by atoms with Crippen LogP contribution in [0.2, 0.25) is 0 Å². The van der Waals surface area contributed by atoms with Crippen LogP contribution >= 0.6 is 0 Å². The first-order valence-corrected chi connectivity index (χ1v) is 23.2. The summed E-state index contributed by atoms with van der Waals surface area (Å²) in [4.78, 5) is 33.4. The Balaban J connectivity index is 0.000000223. The molecule has 0 bridgehead atoms. The normalized spacial score (nSPS) is 20.6. The average Bonchev–Trinajstić information content (AvgIpc) is 3.92. The molecule has 64 heavy (non-hydrogen) atoms. The summed E-state index contributed by atoms with van der Waals surface area (Å²) < 4.78 is 6.84. The number of piperidine rings is 1. The number of aromatic nitrogens is 3. The molecule has 5 N–H and O–H groups in total. The van der Waals surface area contributed by atoms with Crippen molar-refractivity contribution < 1.29 is 14.1 Å². The maximum Gasteiger partial charge on any atom is 0.292 e. The predicted octanol–water partition coefficient (Wildman–Crippen LogP) is 10.7. The maximum atomic E-state index is 12.5. The quantitative estimate of drug-likeness (QED) is 0.0762. The Labute approximate surface area is 380 Å². The van der Waals surface area contributed by atoms with E-state index in [0.29, 0.717) is 18.4 Å². The number of nitrogen functional groups attached to an aromatic ring is 1. The van der Waals surface area contributed by atoms with Gasteiger partial charge in [-0.05, 0) is 128 Å². The van der Waals surface area contributed by atoms with E-state index in [1.54, 1.807) is 11.7 Å². The average molecular weight is 867 g/mol. The second-order valence-electron chi connectivity index (χ2n) is 19.2. The van der Waals surface area contributed by atoms with Gasteiger partial charge in [0.05, 0.1) is 11.4 Å². The first kappa shape index (κ1) is 47.5. The topological polar surface area (TPSA) is 152 Å². The maximum absolute atomic E-state index is 12.5. The summed E-state index contributed by atoms with van der Waals surface area (Å²) in [6.45, 7) is 21.4. The zero-order chi connectivity index (χ0) is 46.1. The molecule has 1 aliphatic heterocycles. The lowest BCUT2D eigenvalue weighted by molar-refractivity contribution is -0.122. The standard InChI is InChI=1S/C29H34N6O2.C24H36N2O/c1-7-19-8-10-20(11-9-19)23-15-24(35(30)17-23)25(31-6)21-12-13-22(18(2)14-21)16-32-27(36)26-33-28(37-34-26)29(3,4)5;1-5-19-12-16(2)14-21(15-17(3)13-19)20-7-9-22(10-8-20)26-23-11-6-18(4)25-24(23)27/h8-15,17H,7,16,30H2,1-6H3,(H,32,36);7-10,16-17,19,21,23,26H,4-6,11-15H2,1-3H3,(H,25,27). The molecule has 3 heterocycles. The van der Waals surface area contributed by atoms with Crippen molar-refractivity contribution in [2.45, 2.75) is 131 Å². The molecule has 11 nitrogen and oxygen atoms in total. The fourth-order valence-electron chi connectivity index (χ4n) is 9.13. The van der Waals surface area contributed by atoms with Crippen LogP contribution in [-0.2, 0) is 23.2 Å². The number of benzene rings is 3. The van der Waals surface area contributed by atoms with E-state index in [1.165, 1.54) is 43.2 Å². The number of nitrogens with one attached hydrogen (secondary N) is 3. The highest BCUT2D eigenvalue weighted by Gasteiger charge is 2.27. The van der Waals surface area contributed by atoms with Gasteiger partial charge in [-0.15, -0.1) is 0 Å². The number of aliphatic imine (C=N–C) groups is 1. The van der Waals surface area contributed by atoms with Gasteiger partial charge in [0.25, 0.3) is 11.7 Å². The van der Waals surface area contributed by atoms with Crippen molar-refractivity contribution in [2.75, 3.05) is 18.2 Å². The number of hydrogen-bond acceptors (Lipinski definition) is 8. The zero-order valence-electron chi connectivity index (χ0n) is 39.6. The molecule has 5 aromatic rings. The molecule has 340 valence electrons. The van der Waals surface area contributed by atoms with E-state index in [0.717, 1.165) is 87.6 Å². The van der Waals surface area contributed by atoms with Gasteiger partial charge in [0.2, 0.25) is 11.8 Å². The third-order valence-electron chi connectivity index (χ3n) is 12.8. The lowest BCUT2D eigenvalue weighted by Crippen LogP contribution is -2.43. The van der Waals surface area contributed by atoms with Crippen LogP contribution in [0.3, 0.4) is 0 Å². The minimum Gasteiger partial charge on any atom is -0.374 e. The molecular formula is C53H70N8O3. The summed E-state index contributed by atoms with van der Waals surface area (Å²) in [7, 11) is 1.76. The molecule has 0 radical (unpaired) electrons. The number of anilines is 1.